The van der Waals surface area contributed by atoms with Gasteiger partial charge in [0.05, 0.1) is 18.7 Å². The molecule has 5 heteroatoms. The number of rotatable bonds is 6. The van der Waals surface area contributed by atoms with Crippen molar-refractivity contribution in [3.05, 3.63) is 54.2 Å². The van der Waals surface area contributed by atoms with E-state index in [-0.39, 0.29) is 11.8 Å². The van der Waals surface area contributed by atoms with E-state index in [1.54, 1.807) is 24.7 Å². The normalized spacial score (nSPS) is 12.1. The summed E-state index contributed by atoms with van der Waals surface area (Å²) in [6.45, 7) is 0.846. The first-order chi connectivity index (χ1) is 9.31. The molecule has 0 saturated carbocycles. The second kappa shape index (κ2) is 6.70. The van der Waals surface area contributed by atoms with Gasteiger partial charge in [0, 0.05) is 12.4 Å². The average molecular weight is 259 g/mol. The molecule has 1 atom stereocenters. The molecule has 3 N–H and O–H groups in total. The molecule has 0 fully saturated rings. The molecule has 0 aliphatic carbocycles. The first-order valence-electron chi connectivity index (χ1n) is 6.21. The molecule has 19 heavy (non-hydrogen) atoms. The van der Waals surface area contributed by atoms with E-state index in [1.165, 1.54) is 0 Å². The van der Waals surface area contributed by atoms with E-state index in [9.17, 15) is 4.79 Å². The molecule has 0 spiro atoms. The van der Waals surface area contributed by atoms with Crippen molar-refractivity contribution in [2.75, 3.05) is 6.54 Å². The number of nitrogens with zero attached hydrogens (tertiary/aromatic N) is 1. The first-order valence-corrected chi connectivity index (χ1v) is 6.21. The van der Waals surface area contributed by atoms with Gasteiger partial charge >= 0.3 is 0 Å². The molecular formula is C14H17N3O2. The van der Waals surface area contributed by atoms with Crippen molar-refractivity contribution < 1.29 is 9.21 Å². The van der Waals surface area contributed by atoms with Crippen LogP contribution in [-0.4, -0.2) is 17.4 Å². The molecule has 2 aromatic heterocycles. The number of aromatic nitrogens is 1. The molecule has 1 unspecified atom stereocenters. The summed E-state index contributed by atoms with van der Waals surface area (Å²) in [5.41, 5.74) is 6.51. The second-order valence-electron chi connectivity index (χ2n) is 4.21. The summed E-state index contributed by atoms with van der Waals surface area (Å²) in [5, 5.41) is 2.86. The van der Waals surface area contributed by atoms with Crippen LogP contribution in [0.3, 0.4) is 0 Å². The predicted octanol–water partition coefficient (Wildman–Crippen LogP) is 1.42. The van der Waals surface area contributed by atoms with Crippen LogP contribution < -0.4 is 11.1 Å². The number of furan rings is 1. The van der Waals surface area contributed by atoms with E-state index < -0.39 is 0 Å². The zero-order valence-corrected chi connectivity index (χ0v) is 10.6. The zero-order valence-electron chi connectivity index (χ0n) is 10.6. The van der Waals surface area contributed by atoms with Gasteiger partial charge in [0.2, 0.25) is 5.91 Å². The molecule has 0 saturated heterocycles. The molecule has 2 rings (SSSR count). The summed E-state index contributed by atoms with van der Waals surface area (Å²) in [5.74, 6) is 0.436. The van der Waals surface area contributed by atoms with Crippen molar-refractivity contribution >= 4 is 5.91 Å². The van der Waals surface area contributed by atoms with Crippen molar-refractivity contribution in [1.29, 1.82) is 0 Å². The van der Waals surface area contributed by atoms with Crippen molar-refractivity contribution in [3.8, 4) is 0 Å². The Labute approximate surface area is 111 Å². The predicted molar refractivity (Wildman–Crippen MR) is 71.2 cm³/mol. The maximum Gasteiger partial charge on any atom is 0.227 e. The van der Waals surface area contributed by atoms with Gasteiger partial charge in [-0.15, -0.1) is 0 Å². The van der Waals surface area contributed by atoms with E-state index in [0.717, 1.165) is 11.3 Å². The summed E-state index contributed by atoms with van der Waals surface area (Å²) < 4.78 is 5.18. The monoisotopic (exact) mass is 259 g/mol. The van der Waals surface area contributed by atoms with Crippen LogP contribution in [0.5, 0.6) is 0 Å². The largest absolute Gasteiger partial charge is 0.467 e. The fraction of sp³-hybridized carbons (Fsp3) is 0.286. The van der Waals surface area contributed by atoms with Gasteiger partial charge in [-0.1, -0.05) is 0 Å². The van der Waals surface area contributed by atoms with Crippen LogP contribution in [0.25, 0.3) is 0 Å². The lowest BCUT2D eigenvalue weighted by molar-refractivity contribution is -0.122. The fourth-order valence-corrected chi connectivity index (χ4v) is 1.92. The van der Waals surface area contributed by atoms with Gasteiger partial charge in [-0.2, -0.15) is 0 Å². The van der Waals surface area contributed by atoms with Crippen molar-refractivity contribution in [2.24, 2.45) is 5.73 Å². The van der Waals surface area contributed by atoms with Gasteiger partial charge in [0.1, 0.15) is 5.76 Å². The van der Waals surface area contributed by atoms with Crippen LogP contribution >= 0.6 is 0 Å². The third-order valence-corrected chi connectivity index (χ3v) is 2.90. The first kappa shape index (κ1) is 13.3. The number of carbonyl (C=O) groups is 1. The minimum Gasteiger partial charge on any atom is -0.467 e. The Balaban J connectivity index is 2.00. The zero-order chi connectivity index (χ0) is 13.5. The van der Waals surface area contributed by atoms with Gasteiger partial charge in [-0.05, 0) is 42.8 Å². The van der Waals surface area contributed by atoms with Crippen LogP contribution in [0.2, 0.25) is 0 Å². The highest BCUT2D eigenvalue weighted by Crippen LogP contribution is 2.18. The number of nitrogens with two attached hydrogens (primary N) is 1. The highest BCUT2D eigenvalue weighted by atomic mass is 16.3. The quantitative estimate of drug-likeness (QED) is 0.822. The van der Waals surface area contributed by atoms with Gasteiger partial charge in [-0.25, -0.2) is 0 Å². The number of amides is 1. The molecule has 0 aliphatic heterocycles. The van der Waals surface area contributed by atoms with E-state index in [0.29, 0.717) is 19.5 Å². The topological polar surface area (TPSA) is 81.2 Å². The summed E-state index contributed by atoms with van der Waals surface area (Å²) in [6.07, 6.45) is 5.55. The number of nitrogens with one attached hydrogen (secondary N) is 1. The maximum atomic E-state index is 12.2. The highest BCUT2D eigenvalue weighted by Gasteiger charge is 2.19. The third-order valence-electron chi connectivity index (χ3n) is 2.90. The van der Waals surface area contributed by atoms with Crippen LogP contribution in [0.4, 0.5) is 0 Å². The smallest absolute Gasteiger partial charge is 0.227 e. The Bertz CT molecular complexity index is 497. The van der Waals surface area contributed by atoms with Crippen molar-refractivity contribution in [1.82, 2.24) is 10.3 Å². The highest BCUT2D eigenvalue weighted by molar-refractivity contribution is 5.83. The van der Waals surface area contributed by atoms with Crippen LogP contribution in [0, 0.1) is 0 Å². The van der Waals surface area contributed by atoms with E-state index in [2.05, 4.69) is 10.3 Å². The standard InChI is InChI=1S/C14H17N3O2/c15-6-3-13(11-4-7-16-8-5-11)14(18)17-10-12-2-1-9-19-12/h1-2,4-5,7-9,13H,3,6,10,15H2,(H,17,18). The second-order valence-corrected chi connectivity index (χ2v) is 4.21. The third kappa shape index (κ3) is 3.66. The number of hydrogen-bond donors (Lipinski definition) is 2. The van der Waals surface area contributed by atoms with Crippen molar-refractivity contribution in [3.63, 3.8) is 0 Å². The molecular weight excluding hydrogens is 242 g/mol. The molecule has 100 valence electrons. The Hall–Kier alpha value is -2.14. The lowest BCUT2D eigenvalue weighted by atomic mass is 9.96. The molecule has 2 aromatic rings. The molecule has 2 heterocycles. The number of pyridine rings is 1. The number of carbonyl (C=O) groups excluding carboxylic acids is 1. The average Bonchev–Trinajstić information content (AvgIpc) is 2.96. The Morgan fingerprint density at radius 3 is 2.79 bits per heavy atom. The summed E-state index contributed by atoms with van der Waals surface area (Å²) in [6, 6.07) is 7.30. The minimum absolute atomic E-state index is 0.0481. The molecule has 0 aliphatic rings. The lowest BCUT2D eigenvalue weighted by Gasteiger charge is -2.15. The SMILES string of the molecule is NCCC(C(=O)NCc1ccco1)c1ccncc1. The minimum atomic E-state index is -0.247. The van der Waals surface area contributed by atoms with Gasteiger partial charge in [-0.3, -0.25) is 9.78 Å². The fourth-order valence-electron chi connectivity index (χ4n) is 1.92. The Kier molecular flexibility index (Phi) is 4.69. The lowest BCUT2D eigenvalue weighted by Crippen LogP contribution is -2.30. The van der Waals surface area contributed by atoms with Crippen LogP contribution in [0.1, 0.15) is 23.7 Å². The molecule has 1 amide bonds. The summed E-state index contributed by atoms with van der Waals surface area (Å²) >= 11 is 0. The number of hydrogen-bond acceptors (Lipinski definition) is 4. The van der Waals surface area contributed by atoms with Crippen molar-refractivity contribution in [2.45, 2.75) is 18.9 Å². The van der Waals surface area contributed by atoms with Crippen LogP contribution in [-0.2, 0) is 11.3 Å². The van der Waals surface area contributed by atoms with Gasteiger partial charge in [0.25, 0.3) is 0 Å². The Morgan fingerprint density at radius 1 is 1.37 bits per heavy atom. The maximum absolute atomic E-state index is 12.2. The van der Waals surface area contributed by atoms with E-state index >= 15 is 0 Å². The van der Waals surface area contributed by atoms with E-state index in [1.807, 2.05) is 18.2 Å². The molecule has 0 bridgehead atoms. The molecule has 0 aromatic carbocycles. The van der Waals surface area contributed by atoms with Crippen LogP contribution in [0.15, 0.2) is 47.3 Å². The Morgan fingerprint density at radius 2 is 2.16 bits per heavy atom. The molecule has 5 nitrogen and oxygen atoms in total. The summed E-state index contributed by atoms with van der Waals surface area (Å²) in [7, 11) is 0. The summed E-state index contributed by atoms with van der Waals surface area (Å²) in [4.78, 5) is 16.2. The van der Waals surface area contributed by atoms with E-state index in [4.69, 9.17) is 10.2 Å². The molecule has 0 radical (unpaired) electrons. The van der Waals surface area contributed by atoms with Gasteiger partial charge < -0.3 is 15.5 Å². The van der Waals surface area contributed by atoms with Gasteiger partial charge in [0.15, 0.2) is 0 Å².